The average molecular weight is 357 g/mol. The first-order chi connectivity index (χ1) is 13.1. The summed E-state index contributed by atoms with van der Waals surface area (Å²) >= 11 is 0. The summed E-state index contributed by atoms with van der Waals surface area (Å²) in [5.74, 6) is -1.66. The second-order valence-electron chi connectivity index (χ2n) is 5.42. The van der Waals surface area contributed by atoms with Crippen LogP contribution in [0.25, 0.3) is 0 Å². The number of carbonyl (C=O) groups is 2. The quantitative estimate of drug-likeness (QED) is 0.663. The van der Waals surface area contributed by atoms with Crippen molar-refractivity contribution >= 4 is 11.9 Å². The third kappa shape index (κ3) is 4.17. The molecule has 0 atom stereocenters. The van der Waals surface area contributed by atoms with Gasteiger partial charge < -0.3 is 9.47 Å². The highest BCUT2D eigenvalue weighted by molar-refractivity contribution is 5.93. The molecular formula is C21H13N2O4. The Labute approximate surface area is 155 Å². The van der Waals surface area contributed by atoms with E-state index in [1.165, 1.54) is 12.1 Å². The molecule has 6 heteroatoms. The second kappa shape index (κ2) is 7.93. The average Bonchev–Trinajstić information content (AvgIpc) is 2.69. The fraction of sp³-hybridized carbons (Fsp3) is 0. The first-order valence-corrected chi connectivity index (χ1v) is 7.90. The van der Waals surface area contributed by atoms with Crippen molar-refractivity contribution in [3.63, 3.8) is 0 Å². The highest BCUT2D eigenvalue weighted by Crippen LogP contribution is 2.22. The van der Waals surface area contributed by atoms with Crippen molar-refractivity contribution in [2.75, 3.05) is 0 Å². The Balaban J connectivity index is 1.84. The van der Waals surface area contributed by atoms with Crippen LogP contribution < -0.4 is 9.47 Å². The Morgan fingerprint density at radius 3 is 2.30 bits per heavy atom. The van der Waals surface area contributed by atoms with E-state index in [0.29, 0.717) is 11.1 Å². The van der Waals surface area contributed by atoms with Crippen LogP contribution in [0, 0.1) is 18.3 Å². The first kappa shape index (κ1) is 17.8. The molecule has 1 aromatic heterocycles. The van der Waals surface area contributed by atoms with Gasteiger partial charge in [0.1, 0.15) is 11.6 Å². The zero-order valence-corrected chi connectivity index (χ0v) is 14.1. The van der Waals surface area contributed by atoms with E-state index < -0.39 is 11.9 Å². The third-order valence-electron chi connectivity index (χ3n) is 3.59. The van der Waals surface area contributed by atoms with Crippen molar-refractivity contribution in [2.24, 2.45) is 0 Å². The van der Waals surface area contributed by atoms with E-state index in [4.69, 9.17) is 9.47 Å². The van der Waals surface area contributed by atoms with Crippen molar-refractivity contribution in [1.82, 2.24) is 4.98 Å². The number of benzene rings is 2. The molecule has 0 bridgehead atoms. The van der Waals surface area contributed by atoms with Gasteiger partial charge in [-0.15, -0.1) is 0 Å². The molecule has 0 N–H and O–H groups in total. The molecule has 0 saturated carbocycles. The predicted molar refractivity (Wildman–Crippen MR) is 96.2 cm³/mol. The Morgan fingerprint density at radius 2 is 1.59 bits per heavy atom. The van der Waals surface area contributed by atoms with Crippen molar-refractivity contribution in [2.45, 2.75) is 0 Å². The van der Waals surface area contributed by atoms with E-state index in [9.17, 15) is 14.9 Å². The first-order valence-electron chi connectivity index (χ1n) is 7.90. The van der Waals surface area contributed by atoms with E-state index in [-0.39, 0.29) is 22.9 Å². The van der Waals surface area contributed by atoms with Crippen LogP contribution in [0.3, 0.4) is 0 Å². The number of hydrogen-bond acceptors (Lipinski definition) is 6. The molecule has 0 aliphatic rings. The van der Waals surface area contributed by atoms with Gasteiger partial charge in [0, 0.05) is 6.07 Å². The third-order valence-corrected chi connectivity index (χ3v) is 3.59. The number of esters is 2. The van der Waals surface area contributed by atoms with Crippen LogP contribution in [0.5, 0.6) is 11.8 Å². The largest absolute Gasteiger partial charge is 0.404 e. The molecule has 1 radical (unpaired) electrons. The fourth-order valence-corrected chi connectivity index (χ4v) is 2.23. The van der Waals surface area contributed by atoms with Crippen molar-refractivity contribution in [3.8, 4) is 17.8 Å². The van der Waals surface area contributed by atoms with Gasteiger partial charge in [-0.1, -0.05) is 36.4 Å². The van der Waals surface area contributed by atoms with Gasteiger partial charge in [-0.2, -0.15) is 10.2 Å². The smallest absolute Gasteiger partial charge is 0.345 e. The van der Waals surface area contributed by atoms with Gasteiger partial charge in [-0.25, -0.2) is 9.59 Å². The highest BCUT2D eigenvalue weighted by Gasteiger charge is 2.17. The van der Waals surface area contributed by atoms with Crippen molar-refractivity contribution < 1.29 is 19.1 Å². The Morgan fingerprint density at radius 1 is 0.889 bits per heavy atom. The lowest BCUT2D eigenvalue weighted by molar-refractivity contribution is 0.0717. The minimum absolute atomic E-state index is 0.0319. The van der Waals surface area contributed by atoms with Gasteiger partial charge in [0.05, 0.1) is 11.1 Å². The molecule has 0 unspecified atom stereocenters. The van der Waals surface area contributed by atoms with Crippen molar-refractivity contribution in [3.05, 3.63) is 95.9 Å². The fourth-order valence-electron chi connectivity index (χ4n) is 2.23. The lowest BCUT2D eigenvalue weighted by Gasteiger charge is -2.09. The van der Waals surface area contributed by atoms with Crippen LogP contribution in [0.4, 0.5) is 0 Å². The number of hydrogen-bond donors (Lipinski definition) is 0. The van der Waals surface area contributed by atoms with Crippen LogP contribution >= 0.6 is 0 Å². The number of nitriles is 1. The summed E-state index contributed by atoms with van der Waals surface area (Å²) in [6.45, 7) is 3.76. The van der Waals surface area contributed by atoms with E-state index in [0.717, 1.165) is 0 Å². The predicted octanol–water partition coefficient (Wildman–Crippen LogP) is 3.57. The highest BCUT2D eigenvalue weighted by atomic mass is 16.6. The van der Waals surface area contributed by atoms with Gasteiger partial charge in [0.25, 0.3) is 0 Å². The monoisotopic (exact) mass is 357 g/mol. The zero-order chi connectivity index (χ0) is 19.2. The summed E-state index contributed by atoms with van der Waals surface area (Å²) in [7, 11) is 0. The standard InChI is InChI=1S/C21H13N2O4/c1-14-7-5-6-10-17(14)21(25)27-19-16(13-22)11-12-18(23-19)26-20(24)15-8-3-2-4-9-15/h2-12H,1H2. The molecule has 1 heterocycles. The Bertz CT molecular complexity index is 1040. The maximum atomic E-state index is 12.3. The molecule has 0 aliphatic heterocycles. The number of pyridine rings is 1. The van der Waals surface area contributed by atoms with Gasteiger partial charge in [0.2, 0.25) is 11.8 Å². The molecule has 3 aromatic rings. The lowest BCUT2D eigenvalue weighted by atomic mass is 10.1. The number of carbonyl (C=O) groups excluding carboxylic acids is 2. The molecule has 3 rings (SSSR count). The number of aromatic nitrogens is 1. The van der Waals surface area contributed by atoms with Gasteiger partial charge in [-0.05, 0) is 36.8 Å². The molecule has 0 spiro atoms. The van der Waals surface area contributed by atoms with Crippen LogP contribution in [0.15, 0.2) is 66.7 Å². The van der Waals surface area contributed by atoms with Crippen LogP contribution in [-0.2, 0) is 0 Å². The Kier molecular flexibility index (Phi) is 5.24. The van der Waals surface area contributed by atoms with Gasteiger partial charge >= 0.3 is 11.9 Å². The molecule has 0 saturated heterocycles. The molecule has 0 amide bonds. The number of nitrogens with zero attached hydrogens (tertiary/aromatic N) is 2. The minimum atomic E-state index is -0.712. The summed E-state index contributed by atoms with van der Waals surface area (Å²) < 4.78 is 10.4. The van der Waals surface area contributed by atoms with E-state index >= 15 is 0 Å². The Hall–Kier alpha value is -3.98. The van der Waals surface area contributed by atoms with Gasteiger partial charge in [0.15, 0.2) is 0 Å². The summed E-state index contributed by atoms with van der Waals surface area (Å²) in [4.78, 5) is 28.4. The minimum Gasteiger partial charge on any atom is -0.404 e. The molecule has 0 aliphatic carbocycles. The molecule has 2 aromatic carbocycles. The maximum Gasteiger partial charge on any atom is 0.345 e. The molecule has 0 fully saturated rings. The van der Waals surface area contributed by atoms with Crippen LogP contribution in [0.2, 0.25) is 0 Å². The topological polar surface area (TPSA) is 89.3 Å². The molecule has 131 valence electrons. The second-order valence-corrected chi connectivity index (χ2v) is 5.42. The summed E-state index contributed by atoms with van der Waals surface area (Å²) in [6, 6.07) is 19.6. The zero-order valence-electron chi connectivity index (χ0n) is 14.1. The summed E-state index contributed by atoms with van der Waals surface area (Å²) in [6.07, 6.45) is 0. The lowest BCUT2D eigenvalue weighted by Crippen LogP contribution is -2.13. The van der Waals surface area contributed by atoms with Crippen LogP contribution in [-0.4, -0.2) is 16.9 Å². The van der Waals surface area contributed by atoms with E-state index in [1.807, 2.05) is 6.07 Å². The van der Waals surface area contributed by atoms with Gasteiger partial charge in [-0.3, -0.25) is 0 Å². The molecular weight excluding hydrogens is 344 g/mol. The maximum absolute atomic E-state index is 12.3. The SMILES string of the molecule is [CH2]c1ccccc1C(=O)Oc1nc(OC(=O)c2ccccc2)ccc1C#N. The van der Waals surface area contributed by atoms with E-state index in [2.05, 4.69) is 11.9 Å². The molecule has 6 nitrogen and oxygen atoms in total. The normalized spacial score (nSPS) is 9.93. The van der Waals surface area contributed by atoms with Crippen LogP contribution in [0.1, 0.15) is 31.8 Å². The summed E-state index contributed by atoms with van der Waals surface area (Å²) in [5.41, 5.74) is 1.10. The number of rotatable bonds is 4. The summed E-state index contributed by atoms with van der Waals surface area (Å²) in [5, 5.41) is 9.21. The number of ether oxygens (including phenoxy) is 2. The molecule has 27 heavy (non-hydrogen) atoms. The van der Waals surface area contributed by atoms with E-state index in [1.54, 1.807) is 54.6 Å². The van der Waals surface area contributed by atoms with Crippen molar-refractivity contribution in [1.29, 1.82) is 5.26 Å².